The third-order valence-electron chi connectivity index (χ3n) is 3.08. The van der Waals surface area contributed by atoms with Crippen molar-refractivity contribution < 1.29 is 9.53 Å². The lowest BCUT2D eigenvalue weighted by molar-refractivity contribution is -0.117. The Bertz CT molecular complexity index is 492. The Balaban J connectivity index is 2.58. The fraction of sp³-hybridized carbons (Fsp3) is 0.467. The largest absolute Gasteiger partial charge is 0.497 e. The molecule has 0 unspecified atom stereocenters. The zero-order valence-electron chi connectivity index (χ0n) is 12.8. The van der Waals surface area contributed by atoms with E-state index in [4.69, 9.17) is 22.7 Å². The number of benzene rings is 1. The first-order valence-electron chi connectivity index (χ1n) is 6.88. The van der Waals surface area contributed by atoms with Gasteiger partial charge in [-0.1, -0.05) is 18.3 Å². The lowest BCUT2D eigenvalue weighted by Crippen LogP contribution is -2.39. The summed E-state index contributed by atoms with van der Waals surface area (Å²) in [4.78, 5) is 14.6. The second-order valence-electron chi connectivity index (χ2n) is 5.06. The van der Waals surface area contributed by atoms with Crippen molar-refractivity contribution in [3.8, 4) is 5.75 Å². The predicted molar refractivity (Wildman–Crippen MR) is 89.7 cm³/mol. The molecule has 1 amide bonds. The molecule has 0 aliphatic heterocycles. The molecule has 5 nitrogen and oxygen atoms in total. The molecule has 1 aromatic rings. The van der Waals surface area contributed by atoms with Gasteiger partial charge in [0.2, 0.25) is 5.91 Å². The van der Waals surface area contributed by atoms with Gasteiger partial charge >= 0.3 is 0 Å². The van der Waals surface area contributed by atoms with Crippen molar-refractivity contribution in [1.82, 2.24) is 4.90 Å². The summed E-state index contributed by atoms with van der Waals surface area (Å²) in [6, 6.07) is 7.53. The first-order valence-corrected chi connectivity index (χ1v) is 7.29. The minimum atomic E-state index is -0.0695. The number of hydrogen-bond donors (Lipinski definition) is 2. The molecule has 3 N–H and O–H groups in total. The van der Waals surface area contributed by atoms with Crippen LogP contribution in [0.3, 0.4) is 0 Å². The highest BCUT2D eigenvalue weighted by Crippen LogP contribution is 2.16. The van der Waals surface area contributed by atoms with E-state index in [1.165, 1.54) is 0 Å². The van der Waals surface area contributed by atoms with Crippen molar-refractivity contribution >= 4 is 28.8 Å². The van der Waals surface area contributed by atoms with Crippen LogP contribution in [0.15, 0.2) is 24.3 Å². The molecule has 0 atom stereocenters. The molecule has 21 heavy (non-hydrogen) atoms. The van der Waals surface area contributed by atoms with Crippen LogP contribution in [0, 0.1) is 0 Å². The van der Waals surface area contributed by atoms with Crippen molar-refractivity contribution in [1.29, 1.82) is 0 Å². The number of thiocarbonyl (C=S) groups is 1. The smallest absolute Gasteiger partial charge is 0.238 e. The minimum absolute atomic E-state index is 0.0695. The van der Waals surface area contributed by atoms with Gasteiger partial charge in [-0.25, -0.2) is 0 Å². The highest BCUT2D eigenvalue weighted by atomic mass is 32.1. The molecule has 0 saturated heterocycles. The van der Waals surface area contributed by atoms with Crippen LogP contribution >= 0.6 is 12.2 Å². The zero-order chi connectivity index (χ0) is 15.8. The molecule has 0 aliphatic rings. The van der Waals surface area contributed by atoms with Crippen LogP contribution in [-0.2, 0) is 4.79 Å². The molecule has 116 valence electrons. The summed E-state index contributed by atoms with van der Waals surface area (Å²) < 4.78 is 5.13. The van der Waals surface area contributed by atoms with Gasteiger partial charge in [0, 0.05) is 30.8 Å². The summed E-state index contributed by atoms with van der Waals surface area (Å²) >= 11 is 4.88. The monoisotopic (exact) mass is 309 g/mol. The molecule has 1 aromatic carbocycles. The van der Waals surface area contributed by atoms with Gasteiger partial charge in [0.1, 0.15) is 5.75 Å². The van der Waals surface area contributed by atoms with Crippen LogP contribution in [0.4, 0.5) is 5.69 Å². The van der Waals surface area contributed by atoms with E-state index < -0.39 is 0 Å². The van der Waals surface area contributed by atoms with Crippen LogP contribution in [-0.4, -0.2) is 42.0 Å². The third-order valence-corrected chi connectivity index (χ3v) is 3.28. The van der Waals surface area contributed by atoms with Gasteiger partial charge in [-0.15, -0.1) is 0 Å². The van der Waals surface area contributed by atoms with Crippen LogP contribution in [0.2, 0.25) is 0 Å². The van der Waals surface area contributed by atoms with Crippen molar-refractivity contribution in [2.75, 3.05) is 25.5 Å². The van der Waals surface area contributed by atoms with Gasteiger partial charge in [0.25, 0.3) is 0 Å². The molecule has 0 fully saturated rings. The van der Waals surface area contributed by atoms with E-state index in [1.54, 1.807) is 13.2 Å². The van der Waals surface area contributed by atoms with Crippen molar-refractivity contribution in [3.05, 3.63) is 24.3 Å². The highest BCUT2D eigenvalue weighted by Gasteiger charge is 2.14. The Kier molecular flexibility index (Phi) is 7.11. The Morgan fingerprint density at radius 1 is 1.48 bits per heavy atom. The minimum Gasteiger partial charge on any atom is -0.497 e. The molecule has 0 spiro atoms. The van der Waals surface area contributed by atoms with Crippen LogP contribution < -0.4 is 15.8 Å². The van der Waals surface area contributed by atoms with Crippen LogP contribution in [0.1, 0.15) is 20.3 Å². The van der Waals surface area contributed by atoms with E-state index in [1.807, 2.05) is 36.9 Å². The molecule has 0 aliphatic carbocycles. The predicted octanol–water partition coefficient (Wildman–Crippen LogP) is 2.02. The second-order valence-corrected chi connectivity index (χ2v) is 5.59. The summed E-state index contributed by atoms with van der Waals surface area (Å²) in [6.45, 7) is 5.06. The van der Waals surface area contributed by atoms with Crippen LogP contribution in [0.5, 0.6) is 5.75 Å². The van der Waals surface area contributed by atoms with Gasteiger partial charge in [0.15, 0.2) is 0 Å². The third kappa shape index (κ3) is 6.55. The molecule has 0 bridgehead atoms. The van der Waals surface area contributed by atoms with E-state index in [9.17, 15) is 4.79 Å². The van der Waals surface area contributed by atoms with E-state index >= 15 is 0 Å². The van der Waals surface area contributed by atoms with Gasteiger partial charge in [0.05, 0.1) is 18.6 Å². The normalized spacial score (nSPS) is 10.7. The molecule has 0 heterocycles. The first-order chi connectivity index (χ1) is 9.92. The molecular weight excluding hydrogens is 286 g/mol. The van der Waals surface area contributed by atoms with Crippen molar-refractivity contribution in [2.24, 2.45) is 5.73 Å². The molecule has 6 heteroatoms. The molecule has 0 aromatic heterocycles. The summed E-state index contributed by atoms with van der Waals surface area (Å²) in [5.74, 6) is 0.641. The maximum absolute atomic E-state index is 12.1. The average molecular weight is 309 g/mol. The van der Waals surface area contributed by atoms with E-state index in [-0.39, 0.29) is 11.9 Å². The number of anilines is 1. The van der Waals surface area contributed by atoms with Crippen molar-refractivity contribution in [2.45, 2.75) is 26.3 Å². The Morgan fingerprint density at radius 2 is 2.19 bits per heavy atom. The topological polar surface area (TPSA) is 67.6 Å². The van der Waals surface area contributed by atoms with E-state index in [2.05, 4.69) is 5.32 Å². The number of amides is 1. The number of hydrogen-bond acceptors (Lipinski definition) is 4. The summed E-state index contributed by atoms with van der Waals surface area (Å²) in [5, 5.41) is 2.86. The lowest BCUT2D eigenvalue weighted by Gasteiger charge is -2.25. The lowest BCUT2D eigenvalue weighted by atomic mass is 10.2. The summed E-state index contributed by atoms with van der Waals surface area (Å²) in [7, 11) is 1.59. The number of nitrogens with two attached hydrogens (primary N) is 1. The SMILES string of the molecule is COc1cccc(NC(=O)CN(CCC(N)=S)C(C)C)c1. The van der Waals surface area contributed by atoms with Crippen LogP contribution in [0.25, 0.3) is 0 Å². The van der Waals surface area contributed by atoms with E-state index in [0.717, 1.165) is 5.69 Å². The standard InChI is InChI=1S/C15H23N3O2S/c1-11(2)18(8-7-14(16)21)10-15(19)17-12-5-4-6-13(9-12)20-3/h4-6,9,11H,7-8,10H2,1-3H3,(H2,16,21)(H,17,19). The Labute approximate surface area is 131 Å². The van der Waals surface area contributed by atoms with Gasteiger partial charge in [-0.3, -0.25) is 9.69 Å². The Morgan fingerprint density at radius 3 is 2.76 bits per heavy atom. The maximum atomic E-state index is 12.1. The van der Waals surface area contributed by atoms with Gasteiger partial charge in [-0.2, -0.15) is 0 Å². The number of methoxy groups -OCH3 is 1. The number of nitrogens with zero attached hydrogens (tertiary/aromatic N) is 1. The fourth-order valence-corrected chi connectivity index (χ4v) is 1.95. The molecule has 0 saturated carbocycles. The Hall–Kier alpha value is -1.66. The maximum Gasteiger partial charge on any atom is 0.238 e. The zero-order valence-corrected chi connectivity index (χ0v) is 13.6. The summed E-state index contributed by atoms with van der Waals surface area (Å²) in [5.41, 5.74) is 6.24. The van der Waals surface area contributed by atoms with E-state index in [0.29, 0.717) is 30.2 Å². The number of carbonyl (C=O) groups excluding carboxylic acids is 1. The molecular formula is C15H23N3O2S. The highest BCUT2D eigenvalue weighted by molar-refractivity contribution is 7.80. The summed E-state index contributed by atoms with van der Waals surface area (Å²) in [6.07, 6.45) is 0.611. The first kappa shape index (κ1) is 17.4. The van der Waals surface area contributed by atoms with Gasteiger partial charge < -0.3 is 15.8 Å². The number of rotatable bonds is 8. The molecule has 0 radical (unpaired) electrons. The number of ether oxygens (including phenoxy) is 1. The molecule has 1 rings (SSSR count). The van der Waals surface area contributed by atoms with Crippen molar-refractivity contribution in [3.63, 3.8) is 0 Å². The average Bonchev–Trinajstić information content (AvgIpc) is 2.43. The quantitative estimate of drug-likeness (QED) is 0.719. The number of nitrogens with one attached hydrogen (secondary N) is 1. The fourth-order valence-electron chi connectivity index (χ4n) is 1.86. The second kappa shape index (κ2) is 8.59. The van der Waals surface area contributed by atoms with Gasteiger partial charge in [-0.05, 0) is 26.0 Å². The number of carbonyl (C=O) groups is 1.